The van der Waals surface area contributed by atoms with Crippen LogP contribution < -0.4 is 10.5 Å². The van der Waals surface area contributed by atoms with Crippen LogP contribution in [0.15, 0.2) is 33.7 Å². The molecule has 3 heterocycles. The number of hydrogen-bond donors (Lipinski definition) is 1. The summed E-state index contributed by atoms with van der Waals surface area (Å²) in [6.45, 7) is 0.426. The molecule has 5 nitrogen and oxygen atoms in total. The van der Waals surface area contributed by atoms with E-state index >= 15 is 0 Å². The summed E-state index contributed by atoms with van der Waals surface area (Å²) in [5, 5.41) is 0.0158. The smallest absolute Gasteiger partial charge is 0.257 e. The molecule has 4 rings (SSSR count). The number of ether oxygens (including phenoxy) is 2. The Morgan fingerprint density at radius 2 is 2.13 bits per heavy atom. The molecule has 118 valence electrons. The van der Waals surface area contributed by atoms with Crippen molar-refractivity contribution in [2.24, 2.45) is 10.7 Å². The van der Waals surface area contributed by atoms with Crippen molar-refractivity contribution in [3.8, 4) is 11.5 Å². The first-order valence-electron chi connectivity index (χ1n) is 6.76. The Morgan fingerprint density at radius 1 is 1.30 bits per heavy atom. The fourth-order valence-corrected chi connectivity index (χ4v) is 3.48. The first kappa shape index (κ1) is 14.9. The number of nitrogens with two attached hydrogens (primary N) is 1. The molecule has 1 spiro atoms. The summed E-state index contributed by atoms with van der Waals surface area (Å²) in [5.41, 5.74) is 6.06. The van der Waals surface area contributed by atoms with Crippen LogP contribution in [-0.2, 0) is 10.3 Å². The van der Waals surface area contributed by atoms with Crippen LogP contribution in [0.1, 0.15) is 11.1 Å². The van der Waals surface area contributed by atoms with Crippen LogP contribution in [0.25, 0.3) is 0 Å². The fraction of sp³-hybridized carbons (Fsp3) is 0.200. The number of nitrogens with zero attached hydrogens (tertiary/aromatic N) is 2. The molecule has 0 unspecified atom stereocenters. The standard InChI is InChI=1S/C15H10BrClFN3O2/c16-7-1-2-10-8(3-7)15(6-22-5-12(19)21-15)9-4-11(17)20-14(18)13(9)23-10/h1-4H,5-6H2,(H2,19,21)/t15-/m0/s1. The third-order valence-electron chi connectivity index (χ3n) is 3.84. The van der Waals surface area contributed by atoms with Crippen LogP contribution >= 0.6 is 27.5 Å². The quantitative estimate of drug-likeness (QED) is 0.691. The molecule has 0 amide bonds. The van der Waals surface area contributed by atoms with E-state index in [1.165, 1.54) is 6.07 Å². The molecule has 0 bridgehead atoms. The van der Waals surface area contributed by atoms with Crippen molar-refractivity contribution in [1.82, 2.24) is 4.98 Å². The summed E-state index contributed by atoms with van der Waals surface area (Å²) in [4.78, 5) is 8.21. The Hall–Kier alpha value is -1.70. The van der Waals surface area contributed by atoms with Crippen molar-refractivity contribution < 1.29 is 13.9 Å². The summed E-state index contributed by atoms with van der Waals surface area (Å²) in [5.74, 6) is 0.000187. The number of rotatable bonds is 0. The third kappa shape index (κ3) is 2.22. The molecule has 2 N–H and O–H groups in total. The van der Waals surface area contributed by atoms with Crippen molar-refractivity contribution in [2.45, 2.75) is 5.54 Å². The highest BCUT2D eigenvalue weighted by atomic mass is 79.9. The van der Waals surface area contributed by atoms with E-state index in [4.69, 9.17) is 26.8 Å². The molecular weight excluding hydrogens is 389 g/mol. The zero-order valence-corrected chi connectivity index (χ0v) is 14.0. The normalized spacial score (nSPS) is 22.1. The summed E-state index contributed by atoms with van der Waals surface area (Å²) in [7, 11) is 0. The molecule has 23 heavy (non-hydrogen) atoms. The minimum absolute atomic E-state index is 0.00808. The first-order chi connectivity index (χ1) is 11.0. The Balaban J connectivity index is 2.08. The molecule has 1 aromatic heterocycles. The maximum absolute atomic E-state index is 14.3. The molecular formula is C15H10BrClFN3O2. The van der Waals surface area contributed by atoms with Crippen LogP contribution in [0, 0.1) is 5.95 Å². The number of fused-ring (bicyclic) bond motifs is 4. The topological polar surface area (TPSA) is 69.7 Å². The molecule has 8 heteroatoms. The molecule has 0 saturated heterocycles. The van der Waals surface area contributed by atoms with Crippen LogP contribution in [0.5, 0.6) is 11.5 Å². The van der Waals surface area contributed by atoms with Crippen molar-refractivity contribution >= 4 is 33.4 Å². The molecule has 0 fully saturated rings. The number of benzene rings is 1. The monoisotopic (exact) mass is 397 g/mol. The third-order valence-corrected chi connectivity index (χ3v) is 4.53. The number of aliphatic imine (C=N–C) groups is 1. The number of halogens is 3. The minimum atomic E-state index is -1.01. The lowest BCUT2D eigenvalue weighted by atomic mass is 9.81. The average Bonchev–Trinajstić information content (AvgIpc) is 2.50. The Morgan fingerprint density at radius 3 is 2.91 bits per heavy atom. The van der Waals surface area contributed by atoms with Gasteiger partial charge in [0.25, 0.3) is 5.95 Å². The van der Waals surface area contributed by atoms with E-state index in [1.807, 2.05) is 6.07 Å². The second kappa shape index (κ2) is 5.15. The van der Waals surface area contributed by atoms with Crippen molar-refractivity contribution in [3.05, 3.63) is 51.0 Å². The van der Waals surface area contributed by atoms with E-state index in [0.29, 0.717) is 17.1 Å². The first-order valence-corrected chi connectivity index (χ1v) is 7.93. The SMILES string of the molecule is NC1=N[C@@]2(COC1)c1cc(Br)ccc1Oc1c2cc(Cl)nc1F. The van der Waals surface area contributed by atoms with Gasteiger partial charge in [-0.25, -0.2) is 4.98 Å². The van der Waals surface area contributed by atoms with E-state index in [0.717, 1.165) is 10.0 Å². The number of hydrogen-bond acceptors (Lipinski definition) is 5. The predicted octanol–water partition coefficient (Wildman–Crippen LogP) is 3.37. The Labute approximate surface area is 144 Å². The fourth-order valence-electron chi connectivity index (χ4n) is 2.94. The second-order valence-corrected chi connectivity index (χ2v) is 6.61. The summed E-state index contributed by atoms with van der Waals surface area (Å²) >= 11 is 9.38. The van der Waals surface area contributed by atoms with Crippen molar-refractivity contribution in [3.63, 3.8) is 0 Å². The molecule has 0 aliphatic carbocycles. The van der Waals surface area contributed by atoms with Crippen LogP contribution in [0.2, 0.25) is 5.15 Å². The number of amidine groups is 1. The zero-order valence-electron chi connectivity index (χ0n) is 11.6. The van der Waals surface area contributed by atoms with Gasteiger partial charge in [-0.2, -0.15) is 4.39 Å². The summed E-state index contributed by atoms with van der Waals surface area (Å²) < 4.78 is 26.4. The van der Waals surface area contributed by atoms with Crippen LogP contribution in [0.3, 0.4) is 0 Å². The second-order valence-electron chi connectivity index (χ2n) is 5.31. The lowest BCUT2D eigenvalue weighted by Crippen LogP contribution is -2.42. The Kier molecular flexibility index (Phi) is 3.33. The molecule has 0 saturated carbocycles. The maximum Gasteiger partial charge on any atom is 0.257 e. The zero-order chi connectivity index (χ0) is 16.2. The molecule has 2 aromatic rings. The van der Waals surface area contributed by atoms with Crippen LogP contribution in [-0.4, -0.2) is 24.0 Å². The highest BCUT2D eigenvalue weighted by molar-refractivity contribution is 9.10. The van der Waals surface area contributed by atoms with Gasteiger partial charge in [0, 0.05) is 15.6 Å². The van der Waals surface area contributed by atoms with Crippen molar-refractivity contribution in [2.75, 3.05) is 13.2 Å². The van der Waals surface area contributed by atoms with Gasteiger partial charge in [-0.05, 0) is 24.3 Å². The van der Waals surface area contributed by atoms with Gasteiger partial charge in [0.2, 0.25) is 0 Å². The summed E-state index contributed by atoms with van der Waals surface area (Å²) in [6.07, 6.45) is 0. The lowest BCUT2D eigenvalue weighted by Gasteiger charge is -2.39. The van der Waals surface area contributed by atoms with E-state index < -0.39 is 11.5 Å². The molecule has 2 aliphatic rings. The van der Waals surface area contributed by atoms with Gasteiger partial charge in [0.05, 0.1) is 6.61 Å². The van der Waals surface area contributed by atoms with E-state index in [-0.39, 0.29) is 24.1 Å². The maximum atomic E-state index is 14.3. The highest BCUT2D eigenvalue weighted by Crippen LogP contribution is 2.51. The van der Waals surface area contributed by atoms with Gasteiger partial charge in [-0.3, -0.25) is 4.99 Å². The average molecular weight is 399 g/mol. The Bertz CT molecular complexity index is 861. The van der Waals surface area contributed by atoms with Gasteiger partial charge in [0.1, 0.15) is 28.9 Å². The number of aromatic nitrogens is 1. The van der Waals surface area contributed by atoms with Gasteiger partial charge in [-0.15, -0.1) is 0 Å². The van der Waals surface area contributed by atoms with Gasteiger partial charge < -0.3 is 15.2 Å². The van der Waals surface area contributed by atoms with Gasteiger partial charge >= 0.3 is 0 Å². The predicted molar refractivity (Wildman–Crippen MR) is 86.6 cm³/mol. The molecule has 2 aliphatic heterocycles. The van der Waals surface area contributed by atoms with Gasteiger partial charge in [-0.1, -0.05) is 27.5 Å². The minimum Gasteiger partial charge on any atom is -0.452 e. The van der Waals surface area contributed by atoms with E-state index in [9.17, 15) is 4.39 Å². The van der Waals surface area contributed by atoms with Crippen LogP contribution in [0.4, 0.5) is 4.39 Å². The van der Waals surface area contributed by atoms with E-state index in [2.05, 4.69) is 25.9 Å². The molecule has 0 radical (unpaired) electrons. The lowest BCUT2D eigenvalue weighted by molar-refractivity contribution is 0.109. The highest BCUT2D eigenvalue weighted by Gasteiger charge is 2.46. The largest absolute Gasteiger partial charge is 0.452 e. The van der Waals surface area contributed by atoms with Gasteiger partial charge in [0.15, 0.2) is 5.75 Å². The number of pyridine rings is 1. The molecule has 1 aromatic carbocycles. The molecule has 1 atom stereocenters. The summed E-state index contributed by atoms with van der Waals surface area (Å²) in [6, 6.07) is 6.93. The van der Waals surface area contributed by atoms with E-state index in [1.54, 1.807) is 12.1 Å². The van der Waals surface area contributed by atoms with Crippen molar-refractivity contribution in [1.29, 1.82) is 0 Å².